The molecular formula is C21H18N6O. The lowest BCUT2D eigenvalue weighted by molar-refractivity contribution is 0.923. The number of anilines is 1. The van der Waals surface area contributed by atoms with E-state index >= 15 is 0 Å². The summed E-state index contributed by atoms with van der Waals surface area (Å²) in [4.78, 5) is 30.1. The van der Waals surface area contributed by atoms with Crippen LogP contribution in [-0.2, 0) is 0 Å². The molecule has 0 bridgehead atoms. The molecule has 1 aromatic carbocycles. The highest BCUT2D eigenvalue weighted by Crippen LogP contribution is 2.21. The largest absolute Gasteiger partial charge is 0.368 e. The second kappa shape index (κ2) is 7.03. The molecule has 0 saturated heterocycles. The van der Waals surface area contributed by atoms with Gasteiger partial charge < -0.3 is 5.73 Å². The van der Waals surface area contributed by atoms with Crippen LogP contribution in [0.2, 0.25) is 0 Å². The van der Waals surface area contributed by atoms with Crippen molar-refractivity contribution in [3.8, 4) is 5.69 Å². The molecule has 3 heterocycles. The minimum absolute atomic E-state index is 0.141. The van der Waals surface area contributed by atoms with E-state index in [0.29, 0.717) is 16.7 Å². The van der Waals surface area contributed by atoms with Crippen LogP contribution in [-0.4, -0.2) is 24.5 Å². The second-order valence-electron chi connectivity index (χ2n) is 6.45. The first-order chi connectivity index (χ1) is 13.5. The number of hydrogen-bond acceptors (Lipinski definition) is 6. The van der Waals surface area contributed by atoms with Crippen molar-refractivity contribution in [2.75, 3.05) is 5.73 Å². The minimum Gasteiger partial charge on any atom is -0.368 e. The van der Waals surface area contributed by atoms with E-state index in [2.05, 4.69) is 19.9 Å². The number of benzene rings is 1. The molecule has 138 valence electrons. The Labute approximate surface area is 161 Å². The zero-order valence-corrected chi connectivity index (χ0v) is 15.5. The fourth-order valence-electron chi connectivity index (χ4n) is 3.15. The van der Waals surface area contributed by atoms with Gasteiger partial charge in [0.2, 0.25) is 5.95 Å². The zero-order valence-electron chi connectivity index (χ0n) is 15.5. The Morgan fingerprint density at radius 2 is 1.71 bits per heavy atom. The van der Waals surface area contributed by atoms with Crippen LogP contribution in [0.25, 0.3) is 28.7 Å². The number of rotatable bonds is 3. The van der Waals surface area contributed by atoms with E-state index in [1.165, 1.54) is 0 Å². The quantitative estimate of drug-likeness (QED) is 0.595. The van der Waals surface area contributed by atoms with Crippen LogP contribution in [0.3, 0.4) is 0 Å². The highest BCUT2D eigenvalue weighted by molar-refractivity contribution is 5.79. The van der Waals surface area contributed by atoms with Crippen molar-refractivity contribution < 1.29 is 0 Å². The van der Waals surface area contributed by atoms with E-state index in [0.717, 1.165) is 22.4 Å². The van der Waals surface area contributed by atoms with E-state index in [4.69, 9.17) is 5.73 Å². The molecule has 2 N–H and O–H groups in total. The third kappa shape index (κ3) is 3.14. The molecule has 28 heavy (non-hydrogen) atoms. The number of aryl methyl sites for hydroxylation is 2. The normalized spacial score (nSPS) is 11.4. The molecule has 4 rings (SSSR count). The van der Waals surface area contributed by atoms with E-state index in [9.17, 15) is 4.79 Å². The van der Waals surface area contributed by atoms with Crippen molar-refractivity contribution in [1.29, 1.82) is 0 Å². The Bertz CT molecular complexity index is 1240. The molecule has 0 amide bonds. The summed E-state index contributed by atoms with van der Waals surface area (Å²) in [6, 6.07) is 7.62. The topological polar surface area (TPSA) is 99.6 Å². The Balaban J connectivity index is 1.99. The first kappa shape index (κ1) is 17.5. The van der Waals surface area contributed by atoms with Gasteiger partial charge in [-0.15, -0.1) is 0 Å². The van der Waals surface area contributed by atoms with Gasteiger partial charge in [0.05, 0.1) is 22.8 Å². The van der Waals surface area contributed by atoms with E-state index in [1.54, 1.807) is 47.6 Å². The zero-order chi connectivity index (χ0) is 19.7. The van der Waals surface area contributed by atoms with Crippen molar-refractivity contribution >= 4 is 29.0 Å². The minimum atomic E-state index is -0.141. The summed E-state index contributed by atoms with van der Waals surface area (Å²) >= 11 is 0. The Morgan fingerprint density at radius 1 is 1.00 bits per heavy atom. The Kier molecular flexibility index (Phi) is 4.41. The average molecular weight is 370 g/mol. The lowest BCUT2D eigenvalue weighted by Crippen LogP contribution is -2.24. The molecule has 0 saturated carbocycles. The molecule has 4 aromatic rings. The molecule has 0 unspecified atom stereocenters. The third-order valence-corrected chi connectivity index (χ3v) is 4.48. The summed E-state index contributed by atoms with van der Waals surface area (Å²) in [6.45, 7) is 3.96. The number of fused-ring (bicyclic) bond motifs is 1. The van der Waals surface area contributed by atoms with Crippen LogP contribution in [0.1, 0.15) is 22.5 Å². The summed E-state index contributed by atoms with van der Waals surface area (Å²) in [7, 11) is 0. The van der Waals surface area contributed by atoms with E-state index in [-0.39, 0.29) is 11.5 Å². The lowest BCUT2D eigenvalue weighted by Gasteiger charge is -2.16. The van der Waals surface area contributed by atoms with Gasteiger partial charge in [0.25, 0.3) is 5.56 Å². The monoisotopic (exact) mass is 370 g/mol. The maximum atomic E-state index is 13.3. The predicted molar refractivity (Wildman–Crippen MR) is 110 cm³/mol. The van der Waals surface area contributed by atoms with Crippen molar-refractivity contribution in [2.45, 2.75) is 13.8 Å². The molecule has 0 atom stereocenters. The summed E-state index contributed by atoms with van der Waals surface area (Å²) in [5.74, 6) is 0.708. The fourth-order valence-corrected chi connectivity index (χ4v) is 3.15. The average Bonchev–Trinajstić information content (AvgIpc) is 2.69. The SMILES string of the molecule is Cc1cccc(C)c1-n1c(C=Cc2cnc(N)nc2)nc2cnccc2c1=O. The molecular weight excluding hydrogens is 352 g/mol. The number of nitrogens with zero attached hydrogens (tertiary/aromatic N) is 5. The van der Waals surface area contributed by atoms with Gasteiger partial charge in [0, 0.05) is 24.2 Å². The van der Waals surface area contributed by atoms with Gasteiger partial charge in [0.1, 0.15) is 5.82 Å². The van der Waals surface area contributed by atoms with Gasteiger partial charge in [-0.1, -0.05) is 18.2 Å². The molecule has 0 aliphatic rings. The maximum absolute atomic E-state index is 13.3. The fraction of sp³-hybridized carbons (Fsp3) is 0.0952. The van der Waals surface area contributed by atoms with Crippen molar-refractivity contribution in [1.82, 2.24) is 24.5 Å². The number of pyridine rings is 1. The number of para-hydroxylation sites is 1. The maximum Gasteiger partial charge on any atom is 0.266 e. The molecule has 0 fully saturated rings. The van der Waals surface area contributed by atoms with E-state index < -0.39 is 0 Å². The number of nitrogen functional groups attached to an aromatic ring is 1. The molecule has 7 nitrogen and oxygen atoms in total. The predicted octanol–water partition coefficient (Wildman–Crippen LogP) is 2.94. The standard InChI is InChI=1S/C21H18N6O/c1-13-4-3-5-14(2)19(13)27-18(7-6-15-10-24-21(22)25-11-15)26-17-12-23-9-8-16(17)20(27)28/h3-12H,1-2H3,(H2,22,24,25). The third-order valence-electron chi connectivity index (χ3n) is 4.48. The van der Waals surface area contributed by atoms with Crippen LogP contribution in [0.15, 0.2) is 53.8 Å². The van der Waals surface area contributed by atoms with Gasteiger partial charge in [-0.25, -0.2) is 15.0 Å². The number of aromatic nitrogens is 5. The van der Waals surface area contributed by atoms with Gasteiger partial charge in [-0.2, -0.15) is 0 Å². The first-order valence-electron chi connectivity index (χ1n) is 8.73. The second-order valence-corrected chi connectivity index (χ2v) is 6.45. The summed E-state index contributed by atoms with van der Waals surface area (Å²) in [5, 5.41) is 0.519. The number of nitrogens with two attached hydrogens (primary N) is 1. The lowest BCUT2D eigenvalue weighted by atomic mass is 10.1. The highest BCUT2D eigenvalue weighted by atomic mass is 16.1. The molecule has 7 heteroatoms. The summed E-state index contributed by atoms with van der Waals surface area (Å²) in [5.41, 5.74) is 9.50. The molecule has 0 aliphatic carbocycles. The molecule has 0 radical (unpaired) electrons. The highest BCUT2D eigenvalue weighted by Gasteiger charge is 2.14. The number of hydrogen-bond donors (Lipinski definition) is 1. The smallest absolute Gasteiger partial charge is 0.266 e. The molecule has 0 spiro atoms. The van der Waals surface area contributed by atoms with Crippen molar-refractivity contribution in [2.24, 2.45) is 0 Å². The first-order valence-corrected chi connectivity index (χ1v) is 8.73. The van der Waals surface area contributed by atoms with Gasteiger partial charge in [-0.05, 0) is 43.2 Å². The Hall–Kier alpha value is -3.87. The van der Waals surface area contributed by atoms with Gasteiger partial charge >= 0.3 is 0 Å². The van der Waals surface area contributed by atoms with Crippen LogP contribution in [0.5, 0.6) is 0 Å². The van der Waals surface area contributed by atoms with Crippen LogP contribution < -0.4 is 11.3 Å². The van der Waals surface area contributed by atoms with Gasteiger partial charge in [0.15, 0.2) is 0 Å². The van der Waals surface area contributed by atoms with E-state index in [1.807, 2.05) is 32.0 Å². The van der Waals surface area contributed by atoms with Gasteiger partial charge in [-0.3, -0.25) is 14.3 Å². The van der Waals surface area contributed by atoms with Crippen LogP contribution >= 0.6 is 0 Å². The van der Waals surface area contributed by atoms with Crippen LogP contribution in [0.4, 0.5) is 5.95 Å². The molecule has 3 aromatic heterocycles. The Morgan fingerprint density at radius 3 is 2.43 bits per heavy atom. The van der Waals surface area contributed by atoms with Crippen molar-refractivity contribution in [3.63, 3.8) is 0 Å². The summed E-state index contributed by atoms with van der Waals surface area (Å²) < 4.78 is 1.64. The molecule has 0 aliphatic heterocycles. The van der Waals surface area contributed by atoms with Crippen molar-refractivity contribution in [3.05, 3.63) is 81.9 Å². The summed E-state index contributed by atoms with van der Waals surface area (Å²) in [6.07, 6.45) is 9.99. The van der Waals surface area contributed by atoms with Crippen LogP contribution in [0, 0.1) is 13.8 Å².